The quantitative estimate of drug-likeness (QED) is 0.727. The van der Waals surface area contributed by atoms with Crippen molar-refractivity contribution in [2.75, 3.05) is 25.9 Å². The predicted molar refractivity (Wildman–Crippen MR) is 108 cm³/mol. The summed E-state index contributed by atoms with van der Waals surface area (Å²) in [6.45, 7) is 8.29. The van der Waals surface area contributed by atoms with Crippen LogP contribution in [-0.2, 0) is 16.1 Å². The lowest BCUT2D eigenvalue weighted by molar-refractivity contribution is -0.138. The molecule has 0 saturated carbocycles. The van der Waals surface area contributed by atoms with Gasteiger partial charge in [0, 0.05) is 31.1 Å². The topological polar surface area (TPSA) is 49.9 Å². The van der Waals surface area contributed by atoms with Crippen LogP contribution in [0.25, 0.3) is 0 Å². The van der Waals surface area contributed by atoms with Crippen LogP contribution in [0.2, 0.25) is 0 Å². The summed E-state index contributed by atoms with van der Waals surface area (Å²) in [5, 5.41) is 0. The fourth-order valence-electron chi connectivity index (χ4n) is 3.90. The van der Waals surface area contributed by atoms with Crippen LogP contribution >= 0.6 is 11.8 Å². The van der Waals surface area contributed by atoms with Gasteiger partial charge in [0.05, 0.1) is 5.41 Å². The van der Waals surface area contributed by atoms with Crippen molar-refractivity contribution in [2.45, 2.75) is 57.1 Å². The van der Waals surface area contributed by atoms with Gasteiger partial charge in [0.25, 0.3) is 0 Å². The summed E-state index contributed by atoms with van der Waals surface area (Å²) in [5.41, 5.74) is 0.389. The van der Waals surface area contributed by atoms with Crippen molar-refractivity contribution >= 4 is 23.8 Å². The molecule has 1 aromatic carbocycles. The second-order valence-electron chi connectivity index (χ2n) is 8.57. The summed E-state index contributed by atoms with van der Waals surface area (Å²) >= 11 is 1.72. The second-order valence-corrected chi connectivity index (χ2v) is 9.45. The van der Waals surface area contributed by atoms with Gasteiger partial charge in [-0.25, -0.2) is 4.79 Å². The maximum atomic E-state index is 13.1. The number of hydrogen-bond acceptors (Lipinski definition) is 4. The summed E-state index contributed by atoms with van der Waals surface area (Å²) in [4.78, 5) is 30.3. The summed E-state index contributed by atoms with van der Waals surface area (Å²) < 4.78 is 5.46. The van der Waals surface area contributed by atoms with Gasteiger partial charge in [-0.1, -0.05) is 12.1 Å². The first-order valence-corrected chi connectivity index (χ1v) is 10.9. The summed E-state index contributed by atoms with van der Waals surface area (Å²) in [6, 6.07) is 8.43. The molecule has 2 amide bonds. The molecule has 0 unspecified atom stereocenters. The van der Waals surface area contributed by atoms with E-state index in [4.69, 9.17) is 4.74 Å². The highest BCUT2D eigenvalue weighted by atomic mass is 32.2. The average Bonchev–Trinajstić information content (AvgIpc) is 2.91. The van der Waals surface area contributed by atoms with E-state index in [1.807, 2.05) is 25.7 Å². The molecule has 27 heavy (non-hydrogen) atoms. The Bertz CT molecular complexity index is 688. The summed E-state index contributed by atoms with van der Waals surface area (Å²) in [5.74, 6) is 0.250. The number of likely N-dealkylation sites (tertiary alicyclic amines) is 2. The summed E-state index contributed by atoms with van der Waals surface area (Å²) in [7, 11) is 0. The normalized spacial score (nSPS) is 19.6. The van der Waals surface area contributed by atoms with Crippen LogP contribution in [0, 0.1) is 5.41 Å². The molecule has 0 N–H and O–H groups in total. The van der Waals surface area contributed by atoms with Crippen LogP contribution in [0.4, 0.5) is 4.79 Å². The number of rotatable bonds is 3. The SMILES string of the molecule is CSc1ccc(CN2CCC3(CCN(C(=O)OC(C)(C)C)CC3)C2=O)cc1. The van der Waals surface area contributed by atoms with Crippen LogP contribution in [-0.4, -0.2) is 53.3 Å². The zero-order valence-electron chi connectivity index (χ0n) is 16.8. The number of piperidine rings is 1. The highest BCUT2D eigenvalue weighted by molar-refractivity contribution is 7.98. The van der Waals surface area contributed by atoms with Crippen molar-refractivity contribution < 1.29 is 14.3 Å². The maximum Gasteiger partial charge on any atom is 0.410 e. The number of carbonyl (C=O) groups is 2. The van der Waals surface area contributed by atoms with E-state index in [0.717, 1.165) is 25.8 Å². The molecular formula is C21H30N2O3S. The van der Waals surface area contributed by atoms with Crippen molar-refractivity contribution in [2.24, 2.45) is 5.41 Å². The average molecular weight is 391 g/mol. The molecular weight excluding hydrogens is 360 g/mol. The van der Waals surface area contributed by atoms with Gasteiger partial charge in [-0.3, -0.25) is 4.79 Å². The Balaban J connectivity index is 1.57. The molecule has 0 aliphatic carbocycles. The van der Waals surface area contributed by atoms with E-state index in [9.17, 15) is 9.59 Å². The Hall–Kier alpha value is -1.69. The van der Waals surface area contributed by atoms with E-state index in [-0.39, 0.29) is 17.4 Å². The minimum absolute atomic E-state index is 0.250. The fourth-order valence-corrected chi connectivity index (χ4v) is 4.31. The van der Waals surface area contributed by atoms with Crippen LogP contribution < -0.4 is 0 Å². The Labute approximate surface area is 166 Å². The molecule has 2 heterocycles. The van der Waals surface area contributed by atoms with Crippen molar-refractivity contribution in [3.8, 4) is 0 Å². The number of hydrogen-bond donors (Lipinski definition) is 0. The molecule has 2 fully saturated rings. The number of amides is 2. The Morgan fingerprint density at radius 3 is 2.26 bits per heavy atom. The lowest BCUT2D eigenvalue weighted by atomic mass is 9.77. The smallest absolute Gasteiger partial charge is 0.410 e. The van der Waals surface area contributed by atoms with Crippen LogP contribution in [0.3, 0.4) is 0 Å². The molecule has 2 saturated heterocycles. The molecule has 0 atom stereocenters. The third kappa shape index (κ3) is 4.60. The molecule has 0 radical (unpaired) electrons. The largest absolute Gasteiger partial charge is 0.444 e. The molecule has 148 valence electrons. The summed E-state index contributed by atoms with van der Waals surface area (Å²) in [6.07, 6.45) is 4.14. The van der Waals surface area contributed by atoms with Gasteiger partial charge in [-0.05, 0) is 64.0 Å². The Morgan fingerprint density at radius 1 is 1.11 bits per heavy atom. The number of carbonyl (C=O) groups excluding carboxylic acids is 2. The Morgan fingerprint density at radius 2 is 1.70 bits per heavy atom. The predicted octanol–water partition coefficient (Wildman–Crippen LogP) is 4.16. The van der Waals surface area contributed by atoms with E-state index in [1.165, 1.54) is 10.5 Å². The van der Waals surface area contributed by atoms with Crippen molar-refractivity contribution in [3.63, 3.8) is 0 Å². The lowest BCUT2D eigenvalue weighted by Crippen LogP contribution is -2.47. The van der Waals surface area contributed by atoms with Crippen molar-refractivity contribution in [1.29, 1.82) is 0 Å². The van der Waals surface area contributed by atoms with Gasteiger partial charge < -0.3 is 14.5 Å². The van der Waals surface area contributed by atoms with Crippen molar-refractivity contribution in [1.82, 2.24) is 9.80 Å². The zero-order chi connectivity index (χ0) is 19.7. The maximum absolute atomic E-state index is 13.1. The zero-order valence-corrected chi connectivity index (χ0v) is 17.6. The van der Waals surface area contributed by atoms with Gasteiger partial charge in [0.15, 0.2) is 0 Å². The van der Waals surface area contributed by atoms with E-state index >= 15 is 0 Å². The first kappa shape index (κ1) is 20.1. The molecule has 3 rings (SSSR count). The molecule has 2 aliphatic rings. The monoisotopic (exact) mass is 390 g/mol. The minimum Gasteiger partial charge on any atom is -0.444 e. The Kier molecular flexibility index (Phi) is 5.75. The number of thioether (sulfide) groups is 1. The van der Waals surface area contributed by atoms with Gasteiger partial charge >= 0.3 is 6.09 Å². The molecule has 1 spiro atoms. The number of nitrogens with zero attached hydrogens (tertiary/aromatic N) is 2. The first-order valence-electron chi connectivity index (χ1n) is 9.63. The van der Waals surface area contributed by atoms with E-state index in [1.54, 1.807) is 16.7 Å². The first-order chi connectivity index (χ1) is 12.7. The molecule has 0 aromatic heterocycles. The van der Waals surface area contributed by atoms with Crippen LogP contribution in [0.15, 0.2) is 29.2 Å². The molecule has 2 aliphatic heterocycles. The lowest BCUT2D eigenvalue weighted by Gasteiger charge is -2.38. The third-order valence-electron chi connectivity index (χ3n) is 5.51. The standard InChI is InChI=1S/C21H30N2O3S/c1-20(2,3)26-19(25)22-12-9-21(10-13-22)11-14-23(18(21)24)15-16-5-7-17(27-4)8-6-16/h5-8H,9-15H2,1-4H3. The number of benzene rings is 1. The number of ether oxygens (including phenoxy) is 1. The van der Waals surface area contributed by atoms with Gasteiger partial charge in [-0.15, -0.1) is 11.8 Å². The van der Waals surface area contributed by atoms with Crippen molar-refractivity contribution in [3.05, 3.63) is 29.8 Å². The molecule has 5 nitrogen and oxygen atoms in total. The van der Waals surface area contributed by atoms with Gasteiger partial charge in [0.2, 0.25) is 5.91 Å². The van der Waals surface area contributed by atoms with Gasteiger partial charge in [-0.2, -0.15) is 0 Å². The van der Waals surface area contributed by atoms with Crippen LogP contribution in [0.1, 0.15) is 45.6 Å². The highest BCUT2D eigenvalue weighted by Gasteiger charge is 2.48. The third-order valence-corrected chi connectivity index (χ3v) is 6.25. The van der Waals surface area contributed by atoms with E-state index in [0.29, 0.717) is 19.6 Å². The van der Waals surface area contributed by atoms with Crippen LogP contribution in [0.5, 0.6) is 0 Å². The van der Waals surface area contributed by atoms with Gasteiger partial charge in [0.1, 0.15) is 5.60 Å². The second kappa shape index (κ2) is 7.74. The van der Waals surface area contributed by atoms with E-state index < -0.39 is 5.60 Å². The molecule has 6 heteroatoms. The van der Waals surface area contributed by atoms with E-state index in [2.05, 4.69) is 30.5 Å². The molecule has 1 aromatic rings. The minimum atomic E-state index is -0.488. The highest BCUT2D eigenvalue weighted by Crippen LogP contribution is 2.42. The fraction of sp³-hybridized carbons (Fsp3) is 0.619. The molecule has 0 bridgehead atoms.